The summed E-state index contributed by atoms with van der Waals surface area (Å²) in [6.07, 6.45) is 1.87. The summed E-state index contributed by atoms with van der Waals surface area (Å²) in [5.74, 6) is 0. The highest BCUT2D eigenvalue weighted by molar-refractivity contribution is 6.65. The Labute approximate surface area is 88.0 Å². The smallest absolute Gasteiger partial charge is 0.334 e. The number of nitrogens with two attached hydrogens (primary N) is 2. The monoisotopic (exact) mass is 223 g/mol. The molecule has 0 aliphatic heterocycles. The molecule has 0 aliphatic rings. The Balaban J connectivity index is 0. The number of rotatable bonds is 8. The molecule has 0 spiro atoms. The summed E-state index contributed by atoms with van der Waals surface area (Å²) in [4.78, 5) is 0. The minimum atomic E-state index is -1.92. The maximum atomic E-state index is 5.70. The molecule has 5 nitrogen and oxygen atoms in total. The summed E-state index contributed by atoms with van der Waals surface area (Å²) in [7, 11) is -0.204. The van der Waals surface area contributed by atoms with Gasteiger partial charge in [-0.3, -0.25) is 0 Å². The molecule has 0 heterocycles. The molecule has 0 saturated carbocycles. The second-order valence-electron chi connectivity index (χ2n) is 3.22. The summed E-state index contributed by atoms with van der Waals surface area (Å²) in [5.41, 5.74) is 10.8. The predicted molar refractivity (Wildman–Crippen MR) is 61.8 cm³/mol. The molecule has 1 unspecified atom stereocenters. The lowest BCUT2D eigenvalue weighted by Crippen LogP contribution is -2.38. The van der Waals surface area contributed by atoms with E-state index in [2.05, 4.69) is 6.55 Å². The first-order valence-corrected chi connectivity index (χ1v) is 7.30. The van der Waals surface area contributed by atoms with Crippen LogP contribution in [-0.4, -0.2) is 35.4 Å². The van der Waals surface area contributed by atoms with Gasteiger partial charge in [0, 0.05) is 13.7 Å². The van der Waals surface area contributed by atoms with Crippen molar-refractivity contribution in [1.82, 2.24) is 6.15 Å². The summed E-state index contributed by atoms with van der Waals surface area (Å²) in [6, 6.07) is 0.963. The molecule has 0 rings (SSSR count). The van der Waals surface area contributed by atoms with E-state index < -0.39 is 8.56 Å². The normalized spacial score (nSPS) is 14.6. The Morgan fingerprint density at radius 2 is 1.71 bits per heavy atom. The molecule has 6 heteroatoms. The zero-order chi connectivity index (χ0) is 10.2. The molecule has 0 aromatic rings. The molecule has 0 aliphatic carbocycles. The second kappa shape index (κ2) is 9.57. The van der Waals surface area contributed by atoms with Crippen molar-refractivity contribution >= 4 is 8.56 Å². The van der Waals surface area contributed by atoms with Crippen LogP contribution in [0.5, 0.6) is 0 Å². The molecular formula is C8H25N3O2Si. The van der Waals surface area contributed by atoms with Gasteiger partial charge in [0.05, 0.1) is 0 Å². The molecule has 0 aromatic heterocycles. The van der Waals surface area contributed by atoms with Crippen molar-refractivity contribution in [3.8, 4) is 0 Å². The fourth-order valence-corrected chi connectivity index (χ4v) is 2.92. The molecule has 88 valence electrons. The second-order valence-corrected chi connectivity index (χ2v) is 6.69. The van der Waals surface area contributed by atoms with Gasteiger partial charge < -0.3 is 26.5 Å². The summed E-state index contributed by atoms with van der Waals surface area (Å²) in [5, 5.41) is 0. The summed E-state index contributed by atoms with van der Waals surface area (Å²) < 4.78 is 11.1. The lowest BCUT2D eigenvalue weighted by atomic mass is 10.5. The average Bonchev–Trinajstić information content (AvgIpc) is 2.15. The lowest BCUT2D eigenvalue weighted by molar-refractivity contribution is 0.202. The fraction of sp³-hybridized carbons (Fsp3) is 1.00. The fourth-order valence-electron chi connectivity index (χ4n) is 1.03. The van der Waals surface area contributed by atoms with Gasteiger partial charge >= 0.3 is 8.56 Å². The SMILES string of the molecule is CO[Si](C)(CCCN)OCCCN.N. The van der Waals surface area contributed by atoms with Crippen molar-refractivity contribution in [3.63, 3.8) is 0 Å². The van der Waals surface area contributed by atoms with Gasteiger partial charge in [-0.1, -0.05) is 0 Å². The Kier molecular flexibility index (Phi) is 11.2. The highest BCUT2D eigenvalue weighted by Gasteiger charge is 2.28. The Morgan fingerprint density at radius 3 is 2.14 bits per heavy atom. The van der Waals surface area contributed by atoms with Gasteiger partial charge in [-0.15, -0.1) is 0 Å². The molecule has 7 N–H and O–H groups in total. The van der Waals surface area contributed by atoms with E-state index in [9.17, 15) is 0 Å². The molecule has 0 aromatic carbocycles. The van der Waals surface area contributed by atoms with Crippen molar-refractivity contribution in [3.05, 3.63) is 0 Å². The van der Waals surface area contributed by atoms with Crippen LogP contribution < -0.4 is 17.6 Å². The summed E-state index contributed by atoms with van der Waals surface area (Å²) in [6.45, 7) is 4.15. The topological polar surface area (TPSA) is 106 Å². The lowest BCUT2D eigenvalue weighted by Gasteiger charge is -2.24. The quantitative estimate of drug-likeness (QED) is 0.412. The minimum Gasteiger partial charge on any atom is -0.398 e. The zero-order valence-corrected chi connectivity index (χ0v) is 10.4. The van der Waals surface area contributed by atoms with Gasteiger partial charge in [0.1, 0.15) is 0 Å². The van der Waals surface area contributed by atoms with E-state index in [0.717, 1.165) is 18.9 Å². The standard InChI is InChI=1S/C8H22N2O2Si.H3N/c1-11-13(2,8-4-6-10)12-7-3-5-9;/h3-10H2,1-2H3;1H3. The Bertz CT molecular complexity index is 129. The predicted octanol–water partition coefficient (Wildman–Crippen LogP) is 0.581. The van der Waals surface area contributed by atoms with Crippen LogP contribution >= 0.6 is 0 Å². The molecule has 1 atom stereocenters. The van der Waals surface area contributed by atoms with Gasteiger partial charge in [0.2, 0.25) is 0 Å². The van der Waals surface area contributed by atoms with E-state index in [4.69, 9.17) is 20.3 Å². The van der Waals surface area contributed by atoms with Crippen LogP contribution in [0.15, 0.2) is 0 Å². The van der Waals surface area contributed by atoms with Crippen molar-refractivity contribution in [2.75, 3.05) is 26.8 Å². The molecule has 0 saturated heterocycles. The van der Waals surface area contributed by atoms with Crippen LogP contribution in [-0.2, 0) is 8.85 Å². The third kappa shape index (κ3) is 7.42. The maximum Gasteiger partial charge on any atom is 0.334 e. The third-order valence-corrected chi connectivity index (χ3v) is 4.96. The number of hydrogen-bond acceptors (Lipinski definition) is 5. The van der Waals surface area contributed by atoms with Crippen LogP contribution in [0.1, 0.15) is 12.8 Å². The van der Waals surface area contributed by atoms with E-state index in [0.29, 0.717) is 19.7 Å². The van der Waals surface area contributed by atoms with E-state index >= 15 is 0 Å². The first-order valence-electron chi connectivity index (χ1n) is 4.78. The molecular weight excluding hydrogens is 198 g/mol. The van der Waals surface area contributed by atoms with E-state index in [1.807, 2.05) is 0 Å². The van der Waals surface area contributed by atoms with Crippen LogP contribution in [0.3, 0.4) is 0 Å². The van der Waals surface area contributed by atoms with Gasteiger partial charge in [-0.25, -0.2) is 0 Å². The van der Waals surface area contributed by atoms with Crippen molar-refractivity contribution in [2.45, 2.75) is 25.4 Å². The van der Waals surface area contributed by atoms with E-state index in [-0.39, 0.29) is 6.15 Å². The summed E-state index contributed by atoms with van der Waals surface area (Å²) >= 11 is 0. The van der Waals surface area contributed by atoms with Gasteiger partial charge in [0.25, 0.3) is 0 Å². The first kappa shape index (κ1) is 16.4. The van der Waals surface area contributed by atoms with Crippen molar-refractivity contribution in [1.29, 1.82) is 0 Å². The average molecular weight is 223 g/mol. The third-order valence-electron chi connectivity index (χ3n) is 2.02. The highest BCUT2D eigenvalue weighted by atomic mass is 28.4. The van der Waals surface area contributed by atoms with E-state index in [1.165, 1.54) is 0 Å². The van der Waals surface area contributed by atoms with Crippen LogP contribution in [0.2, 0.25) is 12.6 Å². The van der Waals surface area contributed by atoms with E-state index in [1.54, 1.807) is 7.11 Å². The van der Waals surface area contributed by atoms with Crippen LogP contribution in [0.4, 0.5) is 0 Å². The zero-order valence-electron chi connectivity index (χ0n) is 9.42. The number of hydrogen-bond donors (Lipinski definition) is 3. The Hall–Kier alpha value is 0.0169. The largest absolute Gasteiger partial charge is 0.398 e. The Morgan fingerprint density at radius 1 is 1.14 bits per heavy atom. The first-order chi connectivity index (χ1) is 6.18. The molecule has 14 heavy (non-hydrogen) atoms. The van der Waals surface area contributed by atoms with Crippen molar-refractivity contribution < 1.29 is 8.85 Å². The van der Waals surface area contributed by atoms with Gasteiger partial charge in [0.15, 0.2) is 0 Å². The highest BCUT2D eigenvalue weighted by Crippen LogP contribution is 2.14. The van der Waals surface area contributed by atoms with Gasteiger partial charge in [-0.05, 0) is 38.5 Å². The molecule has 0 amide bonds. The molecule has 0 fully saturated rings. The van der Waals surface area contributed by atoms with Crippen LogP contribution in [0.25, 0.3) is 0 Å². The van der Waals surface area contributed by atoms with Crippen LogP contribution in [0, 0.1) is 0 Å². The maximum absolute atomic E-state index is 5.70. The van der Waals surface area contributed by atoms with Gasteiger partial charge in [-0.2, -0.15) is 0 Å². The molecule has 0 bridgehead atoms. The minimum absolute atomic E-state index is 0. The molecule has 0 radical (unpaired) electrons. The van der Waals surface area contributed by atoms with Crippen molar-refractivity contribution in [2.24, 2.45) is 11.5 Å².